The first-order valence-corrected chi connectivity index (χ1v) is 9.03. The number of hydrogen-bond donors (Lipinski definition) is 1. The molecular formula is C16H19N5O2S. The minimum atomic E-state index is -3.58. The largest absolute Gasteiger partial charge is 0.281 e. The summed E-state index contributed by atoms with van der Waals surface area (Å²) in [5.41, 5.74) is 2.49. The van der Waals surface area contributed by atoms with Crippen LogP contribution in [0.3, 0.4) is 0 Å². The van der Waals surface area contributed by atoms with Crippen LogP contribution in [-0.4, -0.2) is 39.7 Å². The van der Waals surface area contributed by atoms with Crippen LogP contribution < -0.4 is 0 Å². The van der Waals surface area contributed by atoms with Crippen LogP contribution >= 0.6 is 0 Å². The minimum Gasteiger partial charge on any atom is -0.281 e. The predicted octanol–water partition coefficient (Wildman–Crippen LogP) is 2.11. The van der Waals surface area contributed by atoms with Crippen molar-refractivity contribution in [3.8, 4) is 11.3 Å². The molecule has 0 saturated carbocycles. The summed E-state index contributed by atoms with van der Waals surface area (Å²) in [7, 11) is -2.04. The zero-order chi connectivity index (χ0) is 17.2. The van der Waals surface area contributed by atoms with E-state index >= 15 is 0 Å². The van der Waals surface area contributed by atoms with Gasteiger partial charge < -0.3 is 0 Å². The van der Waals surface area contributed by atoms with Gasteiger partial charge in [-0.15, -0.1) is 0 Å². The normalized spacial score (nSPS) is 12.0. The van der Waals surface area contributed by atoms with Crippen LogP contribution in [-0.2, 0) is 23.1 Å². The maximum atomic E-state index is 12.6. The first-order valence-electron chi connectivity index (χ1n) is 7.59. The van der Waals surface area contributed by atoms with Gasteiger partial charge in [-0.3, -0.25) is 9.78 Å². The number of sulfonamides is 1. The average molecular weight is 345 g/mol. The van der Waals surface area contributed by atoms with E-state index in [4.69, 9.17) is 0 Å². The van der Waals surface area contributed by atoms with E-state index in [9.17, 15) is 8.42 Å². The maximum Gasteiger partial charge on any atom is 0.246 e. The molecule has 8 heteroatoms. The summed E-state index contributed by atoms with van der Waals surface area (Å²) in [6.07, 6.45) is 2.91. The molecule has 0 amide bonds. The van der Waals surface area contributed by atoms with Crippen molar-refractivity contribution in [2.24, 2.45) is 0 Å². The van der Waals surface area contributed by atoms with Crippen molar-refractivity contribution in [3.05, 3.63) is 54.5 Å². The Morgan fingerprint density at radius 1 is 1.25 bits per heavy atom. The molecule has 2 aromatic heterocycles. The van der Waals surface area contributed by atoms with Gasteiger partial charge in [-0.2, -0.15) is 14.5 Å². The number of H-pyrrole nitrogens is 1. The lowest BCUT2D eigenvalue weighted by Gasteiger charge is -2.14. The van der Waals surface area contributed by atoms with Gasteiger partial charge in [-0.05, 0) is 13.0 Å². The number of aryl methyl sites for hydroxylation is 1. The molecule has 0 fully saturated rings. The molecule has 126 valence electrons. The van der Waals surface area contributed by atoms with E-state index in [0.717, 1.165) is 17.0 Å². The topological polar surface area (TPSA) is 83.9 Å². The van der Waals surface area contributed by atoms with Gasteiger partial charge in [0.15, 0.2) is 0 Å². The molecule has 7 nitrogen and oxygen atoms in total. The summed E-state index contributed by atoms with van der Waals surface area (Å²) in [6.45, 7) is 2.74. The van der Waals surface area contributed by atoms with Crippen molar-refractivity contribution in [1.29, 1.82) is 0 Å². The monoisotopic (exact) mass is 345 g/mol. The lowest BCUT2D eigenvalue weighted by molar-refractivity contribution is 0.461. The van der Waals surface area contributed by atoms with Gasteiger partial charge in [0.25, 0.3) is 0 Å². The number of hydrogen-bond acceptors (Lipinski definition) is 4. The Labute approximate surface area is 141 Å². The molecule has 0 unspecified atom stereocenters. The van der Waals surface area contributed by atoms with Crippen LogP contribution in [0, 0.1) is 0 Å². The highest BCUT2D eigenvalue weighted by Crippen LogP contribution is 2.19. The number of nitrogens with zero attached hydrogens (tertiary/aromatic N) is 4. The molecule has 0 aliphatic heterocycles. The van der Waals surface area contributed by atoms with E-state index in [1.54, 1.807) is 11.7 Å². The van der Waals surface area contributed by atoms with Crippen LogP contribution in [0.5, 0.6) is 0 Å². The lowest BCUT2D eigenvalue weighted by atomic mass is 10.1. The molecule has 2 heterocycles. The second-order valence-electron chi connectivity index (χ2n) is 5.44. The highest BCUT2D eigenvalue weighted by Gasteiger charge is 2.23. The van der Waals surface area contributed by atoms with E-state index in [2.05, 4.69) is 15.3 Å². The molecule has 0 atom stereocenters. The van der Waals surface area contributed by atoms with Crippen molar-refractivity contribution >= 4 is 10.0 Å². The Kier molecular flexibility index (Phi) is 4.50. The molecule has 3 aromatic rings. The van der Waals surface area contributed by atoms with Crippen molar-refractivity contribution < 1.29 is 8.42 Å². The zero-order valence-corrected chi connectivity index (χ0v) is 14.4. The third kappa shape index (κ3) is 3.24. The predicted molar refractivity (Wildman–Crippen MR) is 90.6 cm³/mol. The summed E-state index contributed by atoms with van der Waals surface area (Å²) in [4.78, 5) is 0.189. The van der Waals surface area contributed by atoms with Gasteiger partial charge in [-0.25, -0.2) is 8.42 Å². The van der Waals surface area contributed by atoms with Crippen LogP contribution in [0.1, 0.15) is 12.6 Å². The van der Waals surface area contributed by atoms with E-state index < -0.39 is 10.0 Å². The Morgan fingerprint density at radius 3 is 2.67 bits per heavy atom. The Morgan fingerprint density at radius 2 is 2.00 bits per heavy atom. The maximum absolute atomic E-state index is 12.6. The number of benzene rings is 1. The summed E-state index contributed by atoms with van der Waals surface area (Å²) in [6, 6.07) is 11.6. The average Bonchev–Trinajstić information content (AvgIpc) is 3.25. The molecule has 24 heavy (non-hydrogen) atoms. The molecule has 1 N–H and O–H groups in total. The highest BCUT2D eigenvalue weighted by atomic mass is 32.2. The van der Waals surface area contributed by atoms with Crippen molar-refractivity contribution in [2.45, 2.75) is 24.9 Å². The quantitative estimate of drug-likeness (QED) is 0.742. The van der Waals surface area contributed by atoms with E-state index in [1.165, 1.54) is 16.7 Å². The van der Waals surface area contributed by atoms with Crippen LogP contribution in [0.15, 0.2) is 53.7 Å². The standard InChI is InChI=1S/C16H19N5O2S/c1-3-21-12-15(10-17-21)24(22,23)20(2)11-14-9-16(19-18-14)13-7-5-4-6-8-13/h4-10,12H,3,11H2,1-2H3,(H,18,19). The lowest BCUT2D eigenvalue weighted by Crippen LogP contribution is -2.26. The van der Waals surface area contributed by atoms with Crippen molar-refractivity contribution in [2.75, 3.05) is 7.05 Å². The summed E-state index contributed by atoms with van der Waals surface area (Å²) in [5, 5.41) is 11.2. The number of aromatic nitrogens is 4. The Bertz CT molecular complexity index is 915. The Hall–Kier alpha value is -2.45. The smallest absolute Gasteiger partial charge is 0.246 e. The SMILES string of the molecule is CCn1cc(S(=O)(=O)N(C)Cc2cc(-c3ccccc3)n[nH]2)cn1. The van der Waals surface area contributed by atoms with E-state index in [1.807, 2.05) is 43.3 Å². The van der Waals surface area contributed by atoms with Crippen LogP contribution in [0.25, 0.3) is 11.3 Å². The van der Waals surface area contributed by atoms with Gasteiger partial charge in [0, 0.05) is 25.4 Å². The van der Waals surface area contributed by atoms with Gasteiger partial charge in [-0.1, -0.05) is 30.3 Å². The molecular weight excluding hydrogens is 326 g/mol. The van der Waals surface area contributed by atoms with Gasteiger partial charge in [0.2, 0.25) is 10.0 Å². The second-order valence-corrected chi connectivity index (χ2v) is 7.48. The van der Waals surface area contributed by atoms with Gasteiger partial charge in [0.05, 0.1) is 24.1 Å². The van der Waals surface area contributed by atoms with Crippen molar-refractivity contribution in [1.82, 2.24) is 24.3 Å². The fourth-order valence-corrected chi connectivity index (χ4v) is 3.46. The fourth-order valence-electron chi connectivity index (χ4n) is 2.35. The molecule has 0 bridgehead atoms. The molecule has 0 radical (unpaired) electrons. The summed E-state index contributed by atoms with van der Waals surface area (Å²) < 4.78 is 28.0. The summed E-state index contributed by atoms with van der Waals surface area (Å²) in [5.74, 6) is 0. The minimum absolute atomic E-state index is 0.189. The third-order valence-electron chi connectivity index (χ3n) is 3.74. The first kappa shape index (κ1) is 16.4. The summed E-state index contributed by atoms with van der Waals surface area (Å²) >= 11 is 0. The molecule has 3 rings (SSSR count). The molecule has 0 spiro atoms. The fraction of sp³-hybridized carbons (Fsp3) is 0.250. The number of nitrogens with one attached hydrogen (secondary N) is 1. The van der Waals surface area contributed by atoms with Crippen molar-refractivity contribution in [3.63, 3.8) is 0 Å². The van der Waals surface area contributed by atoms with Gasteiger partial charge in [0.1, 0.15) is 4.90 Å². The first-order chi connectivity index (χ1) is 11.5. The molecule has 0 saturated heterocycles. The zero-order valence-electron chi connectivity index (χ0n) is 13.5. The van der Waals surface area contributed by atoms with E-state index in [-0.39, 0.29) is 11.4 Å². The molecule has 0 aliphatic carbocycles. The number of aromatic amines is 1. The highest BCUT2D eigenvalue weighted by molar-refractivity contribution is 7.89. The molecule has 0 aliphatic rings. The second kappa shape index (κ2) is 6.58. The van der Waals surface area contributed by atoms with Crippen LogP contribution in [0.2, 0.25) is 0 Å². The number of rotatable bonds is 6. The Balaban J connectivity index is 1.77. The molecule has 1 aromatic carbocycles. The van der Waals surface area contributed by atoms with E-state index in [0.29, 0.717) is 6.54 Å². The van der Waals surface area contributed by atoms with Gasteiger partial charge >= 0.3 is 0 Å². The third-order valence-corrected chi connectivity index (χ3v) is 5.49. The van der Waals surface area contributed by atoms with Crippen LogP contribution in [0.4, 0.5) is 0 Å².